The second kappa shape index (κ2) is 16.5. The van der Waals surface area contributed by atoms with Gasteiger partial charge >= 0.3 is 12.0 Å². The van der Waals surface area contributed by atoms with Gasteiger partial charge < -0.3 is 39.4 Å². The molecule has 4 N–H and O–H groups in total. The zero-order valence-electron chi connectivity index (χ0n) is 26.4. The smallest absolute Gasteiger partial charge is 0.337 e. The molecule has 0 saturated heterocycles. The number of nitro groups is 1. The number of hydrazone groups is 1. The average Bonchev–Trinajstić information content (AvgIpc) is 3.06. The third-order valence-electron chi connectivity index (χ3n) is 6.89. The molecular weight excluding hydrogens is 694 g/mol. The molecule has 254 valence electrons. The highest BCUT2D eigenvalue weighted by molar-refractivity contribution is 9.10. The number of carbonyl (C=O) groups is 2. The van der Waals surface area contributed by atoms with Crippen LogP contribution in [0.5, 0.6) is 23.0 Å². The van der Waals surface area contributed by atoms with Gasteiger partial charge in [-0.15, -0.1) is 0 Å². The van der Waals surface area contributed by atoms with Crippen LogP contribution in [0.15, 0.2) is 75.4 Å². The molecule has 4 rings (SSSR count). The minimum atomic E-state index is -1.20. The number of hydrogen-bond acceptors (Lipinski definition) is 12. The summed E-state index contributed by atoms with van der Waals surface area (Å²) in [7, 11) is 2.75. The molecule has 0 aromatic heterocycles. The third kappa shape index (κ3) is 8.92. The molecule has 1 aliphatic heterocycles. The zero-order chi connectivity index (χ0) is 34.8. The molecule has 0 radical (unpaired) electrons. The maximum Gasteiger partial charge on any atom is 0.337 e. The predicted octanol–water partition coefficient (Wildman–Crippen LogP) is 4.47. The molecule has 16 heteroatoms. The Kier molecular flexibility index (Phi) is 12.2. The lowest BCUT2D eigenvalue weighted by molar-refractivity contribution is -0.384. The number of ether oxygens (including phenoxy) is 5. The highest BCUT2D eigenvalue weighted by Crippen LogP contribution is 2.37. The SMILES string of the molecule is CCOc1cc([C@H]2NC(=O)NC(C)=C2C(=O)OC)ccc1OC[C@@H](O)N/N=C\c1cc(Br)c(OCc2ccc([N+](=O)[O-])cc2)c(OC)c1. The van der Waals surface area contributed by atoms with Crippen LogP contribution in [0.2, 0.25) is 0 Å². The molecular formula is C32H34BrN5O10. The minimum absolute atomic E-state index is 0.00887. The summed E-state index contributed by atoms with van der Waals surface area (Å²) in [5, 5.41) is 30.8. The van der Waals surface area contributed by atoms with Crippen molar-refractivity contribution in [1.29, 1.82) is 0 Å². The Labute approximate surface area is 284 Å². The van der Waals surface area contributed by atoms with Crippen LogP contribution in [-0.4, -0.2) is 61.9 Å². The zero-order valence-corrected chi connectivity index (χ0v) is 28.0. The normalized spacial score (nSPS) is 14.9. The Hall–Kier alpha value is -5.35. The van der Waals surface area contributed by atoms with Crippen LogP contribution < -0.4 is 35.0 Å². The van der Waals surface area contributed by atoms with Crippen molar-refractivity contribution in [3.05, 3.63) is 97.1 Å². The second-order valence-corrected chi connectivity index (χ2v) is 11.0. The predicted molar refractivity (Wildman–Crippen MR) is 177 cm³/mol. The topological polar surface area (TPSA) is 192 Å². The number of nitro benzene ring substituents is 1. The Bertz CT molecular complexity index is 1710. The number of urea groups is 1. The van der Waals surface area contributed by atoms with Crippen molar-refractivity contribution in [2.45, 2.75) is 32.7 Å². The van der Waals surface area contributed by atoms with E-state index < -0.39 is 29.2 Å². The van der Waals surface area contributed by atoms with Crippen LogP contribution in [0.4, 0.5) is 10.5 Å². The third-order valence-corrected chi connectivity index (χ3v) is 7.48. The number of non-ortho nitro benzene ring substituents is 1. The van der Waals surface area contributed by atoms with Crippen molar-refractivity contribution in [2.24, 2.45) is 5.10 Å². The van der Waals surface area contributed by atoms with Gasteiger partial charge in [0.05, 0.1) is 48.1 Å². The van der Waals surface area contributed by atoms with E-state index in [9.17, 15) is 24.8 Å². The molecule has 0 bridgehead atoms. The fraction of sp³-hybridized carbons (Fsp3) is 0.281. The molecule has 0 unspecified atom stereocenters. The average molecular weight is 729 g/mol. The van der Waals surface area contributed by atoms with Crippen LogP contribution >= 0.6 is 15.9 Å². The van der Waals surface area contributed by atoms with E-state index in [1.807, 2.05) is 0 Å². The van der Waals surface area contributed by atoms with E-state index in [0.717, 1.165) is 5.56 Å². The second-order valence-electron chi connectivity index (χ2n) is 10.2. The number of hydrogen-bond donors (Lipinski definition) is 4. The van der Waals surface area contributed by atoms with Gasteiger partial charge in [-0.05, 0) is 82.9 Å². The highest BCUT2D eigenvalue weighted by atomic mass is 79.9. The van der Waals surface area contributed by atoms with Gasteiger partial charge in [-0.3, -0.25) is 15.5 Å². The van der Waals surface area contributed by atoms with E-state index in [1.54, 1.807) is 56.3 Å². The van der Waals surface area contributed by atoms with Crippen LogP contribution in [0.25, 0.3) is 0 Å². The fourth-order valence-corrected chi connectivity index (χ4v) is 5.22. The van der Waals surface area contributed by atoms with E-state index in [0.29, 0.717) is 50.9 Å². The first-order valence-corrected chi connectivity index (χ1v) is 15.3. The standard InChI is InChI=1S/C32H34BrN5O10/c1-5-46-25-14-21(29-28(31(40)45-4)18(2)35-32(41)36-29)8-11-24(25)47-17-27(39)37-34-15-20-12-23(33)30(26(13-20)44-3)48-16-19-6-9-22(10-7-19)38(42)43/h6-15,27,29,37,39H,5,16-17H2,1-4H3,(H2,35,36,41)/b34-15-/t27-,29-/m1/s1. The number of nitrogens with one attached hydrogen (secondary N) is 3. The largest absolute Gasteiger partial charge is 0.493 e. The lowest BCUT2D eigenvalue weighted by Crippen LogP contribution is -2.45. The van der Waals surface area contributed by atoms with Crippen molar-refractivity contribution >= 4 is 39.8 Å². The monoisotopic (exact) mass is 727 g/mol. The minimum Gasteiger partial charge on any atom is -0.493 e. The van der Waals surface area contributed by atoms with Crippen molar-refractivity contribution in [3.63, 3.8) is 0 Å². The van der Waals surface area contributed by atoms with Gasteiger partial charge in [0.15, 0.2) is 29.2 Å². The van der Waals surface area contributed by atoms with Crippen LogP contribution in [-0.2, 0) is 16.1 Å². The maximum absolute atomic E-state index is 12.5. The van der Waals surface area contributed by atoms with Crippen LogP contribution in [0.3, 0.4) is 0 Å². The molecule has 1 aliphatic rings. The van der Waals surface area contributed by atoms with Gasteiger partial charge in [0.1, 0.15) is 13.2 Å². The number of amides is 2. The Morgan fingerprint density at radius 2 is 1.85 bits per heavy atom. The van der Waals surface area contributed by atoms with Gasteiger partial charge in [-0.2, -0.15) is 5.10 Å². The molecule has 2 amide bonds. The van der Waals surface area contributed by atoms with E-state index >= 15 is 0 Å². The summed E-state index contributed by atoms with van der Waals surface area (Å²) in [5.41, 5.74) is 5.13. The Morgan fingerprint density at radius 3 is 2.52 bits per heavy atom. The molecule has 0 spiro atoms. The number of benzene rings is 3. The molecule has 2 atom stereocenters. The molecule has 0 aliphatic carbocycles. The van der Waals surface area contributed by atoms with E-state index in [4.69, 9.17) is 23.7 Å². The Morgan fingerprint density at radius 1 is 1.10 bits per heavy atom. The molecule has 15 nitrogen and oxygen atoms in total. The molecule has 1 heterocycles. The fourth-order valence-electron chi connectivity index (χ4n) is 4.64. The summed E-state index contributed by atoms with van der Waals surface area (Å²) in [5.74, 6) is 0.919. The van der Waals surface area contributed by atoms with Gasteiger partial charge in [0, 0.05) is 17.8 Å². The Balaban J connectivity index is 1.38. The molecule has 3 aromatic carbocycles. The van der Waals surface area contributed by atoms with Crippen molar-refractivity contribution in [1.82, 2.24) is 16.1 Å². The first-order chi connectivity index (χ1) is 23.0. The molecule has 0 fully saturated rings. The first-order valence-electron chi connectivity index (χ1n) is 14.5. The quantitative estimate of drug-likeness (QED) is 0.0568. The maximum atomic E-state index is 12.5. The van der Waals surface area contributed by atoms with Gasteiger partial charge in [-0.25, -0.2) is 9.59 Å². The summed E-state index contributed by atoms with van der Waals surface area (Å²) in [6.07, 6.45) is 0.268. The number of methoxy groups -OCH3 is 2. The molecule has 48 heavy (non-hydrogen) atoms. The van der Waals surface area contributed by atoms with Gasteiger partial charge in [-0.1, -0.05) is 6.07 Å². The van der Waals surface area contributed by atoms with Crippen LogP contribution in [0, 0.1) is 10.1 Å². The number of allylic oxidation sites excluding steroid dienone is 1. The number of nitrogens with zero attached hydrogens (tertiary/aromatic N) is 2. The van der Waals surface area contributed by atoms with E-state index in [1.165, 1.54) is 32.6 Å². The van der Waals surface area contributed by atoms with Crippen molar-refractivity contribution in [2.75, 3.05) is 27.4 Å². The summed E-state index contributed by atoms with van der Waals surface area (Å²) < 4.78 is 28.4. The number of aliphatic hydroxyl groups is 1. The number of aliphatic hydroxyl groups excluding tert-OH is 1. The summed E-state index contributed by atoms with van der Waals surface area (Å²) in [4.78, 5) is 35.0. The number of esters is 1. The molecule has 3 aromatic rings. The summed E-state index contributed by atoms with van der Waals surface area (Å²) in [6.45, 7) is 3.67. The first kappa shape index (κ1) is 35.5. The summed E-state index contributed by atoms with van der Waals surface area (Å²) in [6, 6.07) is 13.2. The number of halogens is 1. The van der Waals surface area contributed by atoms with E-state index in [2.05, 4.69) is 37.1 Å². The lowest BCUT2D eigenvalue weighted by Gasteiger charge is -2.28. The number of carbonyl (C=O) groups excluding carboxylic acids is 2. The van der Waals surface area contributed by atoms with Gasteiger partial charge in [0.25, 0.3) is 5.69 Å². The highest BCUT2D eigenvalue weighted by Gasteiger charge is 2.32. The van der Waals surface area contributed by atoms with Crippen molar-refractivity contribution in [3.8, 4) is 23.0 Å². The number of rotatable bonds is 15. The summed E-state index contributed by atoms with van der Waals surface area (Å²) >= 11 is 3.48. The van der Waals surface area contributed by atoms with Crippen LogP contribution in [0.1, 0.15) is 36.6 Å². The van der Waals surface area contributed by atoms with Gasteiger partial charge in [0.2, 0.25) is 0 Å². The van der Waals surface area contributed by atoms with E-state index in [-0.39, 0.29) is 24.5 Å². The molecule has 0 saturated carbocycles. The lowest BCUT2D eigenvalue weighted by atomic mass is 9.95. The van der Waals surface area contributed by atoms with Crippen molar-refractivity contribution < 1.29 is 43.3 Å².